The molecule has 0 saturated carbocycles. The molecule has 8 nitrogen and oxygen atoms in total. The van der Waals surface area contributed by atoms with Crippen molar-refractivity contribution in [3.05, 3.63) is 29.7 Å². The van der Waals surface area contributed by atoms with Crippen molar-refractivity contribution in [1.82, 2.24) is 4.98 Å². The molecule has 1 fully saturated rings. The molecule has 0 spiro atoms. The van der Waals surface area contributed by atoms with Crippen molar-refractivity contribution in [2.75, 3.05) is 38.7 Å². The zero-order valence-corrected chi connectivity index (χ0v) is 17.2. The Kier molecular flexibility index (Phi) is 7.04. The first-order chi connectivity index (χ1) is 14.4. The number of carbonyl (C=O) groups excluding carboxylic acids is 3. The highest BCUT2D eigenvalue weighted by molar-refractivity contribution is 6.10. The smallest absolute Gasteiger partial charge is 0.356 e. The van der Waals surface area contributed by atoms with Crippen LogP contribution >= 0.6 is 0 Å². The van der Waals surface area contributed by atoms with E-state index >= 15 is 0 Å². The standard InChI is InChI=1S/C21H26FN3O5/c1-3-30-20(27)13-6-9-25(10-7-13)11-8-17(26)24-18-15-12-14(22)4-5-16(15)23-19(18)21(28)29-2/h4-5,12-13,23H,3,6-11H2,1-2H3,(H,24,26)/p+1. The minimum absolute atomic E-state index is 0.0637. The van der Waals surface area contributed by atoms with E-state index < -0.39 is 11.8 Å². The van der Waals surface area contributed by atoms with Gasteiger partial charge in [0.25, 0.3) is 0 Å². The van der Waals surface area contributed by atoms with Gasteiger partial charge in [-0.2, -0.15) is 0 Å². The zero-order valence-electron chi connectivity index (χ0n) is 17.2. The second-order valence-electron chi connectivity index (χ2n) is 7.38. The Balaban J connectivity index is 1.60. The van der Waals surface area contributed by atoms with Crippen LogP contribution in [-0.4, -0.2) is 56.2 Å². The van der Waals surface area contributed by atoms with Crippen LogP contribution in [0.1, 0.15) is 36.7 Å². The molecule has 1 aromatic carbocycles. The van der Waals surface area contributed by atoms with E-state index in [2.05, 4.69) is 10.3 Å². The lowest BCUT2D eigenvalue weighted by molar-refractivity contribution is -0.905. The minimum atomic E-state index is -0.645. The van der Waals surface area contributed by atoms with Crippen LogP contribution in [0.4, 0.5) is 10.1 Å². The third-order valence-electron chi connectivity index (χ3n) is 5.43. The Bertz CT molecular complexity index is 934. The number of benzene rings is 1. The average molecular weight is 420 g/mol. The average Bonchev–Trinajstić information content (AvgIpc) is 3.09. The fourth-order valence-corrected chi connectivity index (χ4v) is 3.81. The number of amides is 1. The summed E-state index contributed by atoms with van der Waals surface area (Å²) in [5.74, 6) is -1.59. The van der Waals surface area contributed by atoms with Gasteiger partial charge in [-0.3, -0.25) is 9.59 Å². The molecule has 0 bridgehead atoms. The third-order valence-corrected chi connectivity index (χ3v) is 5.43. The maximum Gasteiger partial charge on any atom is 0.356 e. The first-order valence-electron chi connectivity index (χ1n) is 10.1. The Morgan fingerprint density at radius 2 is 2.00 bits per heavy atom. The lowest BCUT2D eigenvalue weighted by Gasteiger charge is -2.27. The number of quaternary nitrogens is 1. The first kappa shape index (κ1) is 21.8. The number of anilines is 1. The summed E-state index contributed by atoms with van der Waals surface area (Å²) in [5.41, 5.74) is 0.824. The predicted molar refractivity (Wildman–Crippen MR) is 108 cm³/mol. The van der Waals surface area contributed by atoms with Crippen LogP contribution < -0.4 is 10.2 Å². The number of aromatic nitrogens is 1. The third kappa shape index (κ3) is 4.96. The van der Waals surface area contributed by atoms with E-state index in [0.29, 0.717) is 24.1 Å². The maximum absolute atomic E-state index is 13.7. The second-order valence-corrected chi connectivity index (χ2v) is 7.38. The SMILES string of the molecule is CCOC(=O)C1CC[NH+](CCC(=O)Nc2c(C(=O)OC)[nH]c3ccc(F)cc23)CC1. The number of aromatic amines is 1. The zero-order chi connectivity index (χ0) is 21.7. The van der Waals surface area contributed by atoms with Crippen molar-refractivity contribution >= 4 is 34.4 Å². The van der Waals surface area contributed by atoms with Crippen molar-refractivity contribution in [1.29, 1.82) is 0 Å². The molecule has 9 heteroatoms. The summed E-state index contributed by atoms with van der Waals surface area (Å²) in [7, 11) is 1.24. The number of piperidine rings is 1. The first-order valence-corrected chi connectivity index (χ1v) is 10.1. The van der Waals surface area contributed by atoms with Gasteiger partial charge in [-0.1, -0.05) is 0 Å². The number of likely N-dealkylation sites (tertiary alicyclic amines) is 1. The molecule has 1 saturated heterocycles. The van der Waals surface area contributed by atoms with E-state index in [1.807, 2.05) is 0 Å². The Hall–Kier alpha value is -2.94. The summed E-state index contributed by atoms with van der Waals surface area (Å²) in [6, 6.07) is 4.04. The molecule has 1 aliphatic rings. The Morgan fingerprint density at radius 1 is 1.27 bits per heavy atom. The summed E-state index contributed by atoms with van der Waals surface area (Å²) < 4.78 is 23.5. The molecule has 0 radical (unpaired) electrons. The molecule has 1 amide bonds. The van der Waals surface area contributed by atoms with Crippen molar-refractivity contribution in [2.45, 2.75) is 26.2 Å². The van der Waals surface area contributed by atoms with Crippen LogP contribution in [0, 0.1) is 11.7 Å². The van der Waals surface area contributed by atoms with Gasteiger partial charge in [0.1, 0.15) is 11.5 Å². The van der Waals surface area contributed by atoms with Gasteiger partial charge in [0.2, 0.25) is 5.91 Å². The van der Waals surface area contributed by atoms with Crippen molar-refractivity contribution in [2.24, 2.45) is 5.92 Å². The number of methoxy groups -OCH3 is 1. The molecular formula is C21H27FN3O5+. The number of esters is 2. The molecule has 1 aromatic heterocycles. The van der Waals surface area contributed by atoms with E-state index in [1.54, 1.807) is 6.92 Å². The lowest BCUT2D eigenvalue weighted by atomic mass is 9.97. The molecular weight excluding hydrogens is 393 g/mol. The molecule has 0 aliphatic carbocycles. The number of fused-ring (bicyclic) bond motifs is 1. The molecule has 3 rings (SSSR count). The van der Waals surface area contributed by atoms with Gasteiger partial charge in [-0.25, -0.2) is 9.18 Å². The number of hydrogen-bond acceptors (Lipinski definition) is 5. The van der Waals surface area contributed by atoms with Gasteiger partial charge >= 0.3 is 11.9 Å². The Labute approximate surface area is 173 Å². The lowest BCUT2D eigenvalue weighted by Crippen LogP contribution is -3.13. The molecule has 0 unspecified atom stereocenters. The molecule has 30 heavy (non-hydrogen) atoms. The largest absolute Gasteiger partial charge is 0.466 e. The highest BCUT2D eigenvalue weighted by Gasteiger charge is 2.28. The molecule has 1 aliphatic heterocycles. The minimum Gasteiger partial charge on any atom is -0.466 e. The number of rotatable bonds is 7. The maximum atomic E-state index is 13.7. The fourth-order valence-electron chi connectivity index (χ4n) is 3.81. The van der Waals surface area contributed by atoms with E-state index in [4.69, 9.17) is 9.47 Å². The summed E-state index contributed by atoms with van der Waals surface area (Å²) in [6.07, 6.45) is 1.72. The highest BCUT2D eigenvalue weighted by Crippen LogP contribution is 2.29. The van der Waals surface area contributed by atoms with Gasteiger partial charge in [0, 0.05) is 23.7 Å². The normalized spacial score (nSPS) is 18.8. The van der Waals surface area contributed by atoms with E-state index in [1.165, 1.54) is 30.2 Å². The van der Waals surface area contributed by atoms with Crippen molar-refractivity contribution in [3.8, 4) is 0 Å². The van der Waals surface area contributed by atoms with Crippen molar-refractivity contribution < 1.29 is 33.1 Å². The van der Waals surface area contributed by atoms with Gasteiger partial charge in [-0.05, 0) is 25.1 Å². The van der Waals surface area contributed by atoms with Crippen LogP contribution in [0.2, 0.25) is 0 Å². The summed E-state index contributed by atoms with van der Waals surface area (Å²) >= 11 is 0. The molecule has 2 aromatic rings. The van der Waals surface area contributed by atoms with Crippen LogP contribution in [-0.2, 0) is 19.1 Å². The summed E-state index contributed by atoms with van der Waals surface area (Å²) in [5, 5.41) is 3.14. The van der Waals surface area contributed by atoms with E-state index in [0.717, 1.165) is 25.9 Å². The van der Waals surface area contributed by atoms with Gasteiger partial charge in [0.15, 0.2) is 0 Å². The molecule has 3 N–H and O–H groups in total. The summed E-state index contributed by atoms with van der Waals surface area (Å²) in [4.78, 5) is 40.6. The monoisotopic (exact) mass is 420 g/mol. The van der Waals surface area contributed by atoms with Gasteiger partial charge < -0.3 is 24.7 Å². The van der Waals surface area contributed by atoms with Crippen LogP contribution in [0.3, 0.4) is 0 Å². The van der Waals surface area contributed by atoms with E-state index in [-0.39, 0.29) is 35.6 Å². The molecule has 0 atom stereocenters. The van der Waals surface area contributed by atoms with Crippen LogP contribution in [0.25, 0.3) is 10.9 Å². The van der Waals surface area contributed by atoms with E-state index in [9.17, 15) is 18.8 Å². The fraction of sp³-hybridized carbons (Fsp3) is 0.476. The predicted octanol–water partition coefficient (Wildman–Crippen LogP) is 1.28. The van der Waals surface area contributed by atoms with Crippen LogP contribution in [0.5, 0.6) is 0 Å². The topological polar surface area (TPSA) is 102 Å². The molecule has 2 heterocycles. The number of nitrogens with one attached hydrogen (secondary N) is 3. The number of H-pyrrole nitrogens is 1. The van der Waals surface area contributed by atoms with Gasteiger partial charge in [-0.15, -0.1) is 0 Å². The quantitative estimate of drug-likeness (QED) is 0.586. The van der Waals surface area contributed by atoms with Crippen LogP contribution in [0.15, 0.2) is 18.2 Å². The molecule has 162 valence electrons. The van der Waals surface area contributed by atoms with Crippen molar-refractivity contribution in [3.63, 3.8) is 0 Å². The second kappa shape index (κ2) is 9.71. The number of carbonyl (C=O) groups is 3. The number of halogens is 1. The Morgan fingerprint density at radius 3 is 2.67 bits per heavy atom. The van der Waals surface area contributed by atoms with Gasteiger partial charge in [0.05, 0.1) is 51.4 Å². The number of hydrogen-bond donors (Lipinski definition) is 3. The highest BCUT2D eigenvalue weighted by atomic mass is 19.1. The number of ether oxygens (including phenoxy) is 2. The summed E-state index contributed by atoms with van der Waals surface area (Å²) in [6.45, 7) is 4.37.